The number of carbonyl (C=O) groups excluding carboxylic acids is 1. The zero-order valence-electron chi connectivity index (χ0n) is 2.13. The molecule has 0 fully saturated rings. The molecule has 0 unspecified atom stereocenters. The molecule has 0 radical (unpaired) electrons. The van der Waals surface area contributed by atoms with Crippen molar-refractivity contribution in [3.05, 3.63) is 0 Å². The summed E-state index contributed by atoms with van der Waals surface area (Å²) < 4.78 is 0. The van der Waals surface area contributed by atoms with Crippen LogP contribution in [0.5, 0.6) is 0 Å². The fraction of sp³-hybridized carbons (Fsp3) is 0. The van der Waals surface area contributed by atoms with Crippen LogP contribution in [0, 0.1) is 0 Å². The summed E-state index contributed by atoms with van der Waals surface area (Å²) in [6, 6.07) is 0. The van der Waals surface area contributed by atoms with E-state index in [1.807, 2.05) is 0 Å². The van der Waals surface area contributed by atoms with Gasteiger partial charge in [-0.2, -0.15) is 0 Å². The minimum atomic E-state index is -2.33. The van der Waals surface area contributed by atoms with Gasteiger partial charge in [0.25, 0.3) is 0 Å². The molecular formula is CCrO3. The maximum Gasteiger partial charge on any atom is 2.00 e. The van der Waals surface area contributed by atoms with Gasteiger partial charge in [-0.05, 0) is 6.16 Å². The second kappa shape index (κ2) is 3.80. The molecule has 0 spiro atoms. The van der Waals surface area contributed by atoms with E-state index in [1.165, 1.54) is 0 Å². The van der Waals surface area contributed by atoms with Crippen LogP contribution >= 0.6 is 0 Å². The fourth-order valence-corrected chi connectivity index (χ4v) is 0. The third-order valence-corrected chi connectivity index (χ3v) is 0. The third-order valence-electron chi connectivity index (χ3n) is 0. The van der Waals surface area contributed by atoms with E-state index in [2.05, 4.69) is 0 Å². The molecule has 0 aromatic carbocycles. The Bertz CT molecular complexity index is 29.9. The summed E-state index contributed by atoms with van der Waals surface area (Å²) in [5, 5.41) is 16.7. The van der Waals surface area contributed by atoms with Gasteiger partial charge >= 0.3 is 17.4 Å². The van der Waals surface area contributed by atoms with E-state index in [9.17, 15) is 0 Å². The third kappa shape index (κ3) is 317. The SMILES string of the molecule is O=C([O-])[O-].[Cr+2]. The Labute approximate surface area is 39.4 Å². The van der Waals surface area contributed by atoms with Crippen LogP contribution in [-0.4, -0.2) is 6.16 Å². The zero-order valence-corrected chi connectivity index (χ0v) is 3.41. The van der Waals surface area contributed by atoms with Crippen molar-refractivity contribution in [3.8, 4) is 0 Å². The number of carboxylic acid groups (broad SMARTS) is 2. The van der Waals surface area contributed by atoms with Crippen LogP contribution in [0.15, 0.2) is 0 Å². The van der Waals surface area contributed by atoms with E-state index in [1.54, 1.807) is 0 Å². The minimum absolute atomic E-state index is 0. The van der Waals surface area contributed by atoms with Crippen molar-refractivity contribution < 1.29 is 32.4 Å². The van der Waals surface area contributed by atoms with Gasteiger partial charge < -0.3 is 15.0 Å². The van der Waals surface area contributed by atoms with Crippen LogP contribution in [-0.2, 0) is 17.4 Å². The smallest absolute Gasteiger partial charge is 0.652 e. The molecule has 4 heteroatoms. The minimum Gasteiger partial charge on any atom is -0.652 e. The van der Waals surface area contributed by atoms with Gasteiger partial charge in [-0.25, -0.2) is 0 Å². The largest absolute Gasteiger partial charge is 2.00 e. The normalized spacial score (nSPS) is 4.80. The van der Waals surface area contributed by atoms with Gasteiger partial charge in [0.05, 0.1) is 0 Å². The van der Waals surface area contributed by atoms with Crippen LogP contribution in [0.25, 0.3) is 0 Å². The van der Waals surface area contributed by atoms with E-state index < -0.39 is 6.16 Å². The molecule has 3 nitrogen and oxygen atoms in total. The fourth-order valence-electron chi connectivity index (χ4n) is 0. The maximum absolute atomic E-state index is 8.33. The van der Waals surface area contributed by atoms with Crippen LogP contribution in [0.4, 0.5) is 4.79 Å². The second-order valence-electron chi connectivity index (χ2n) is 0.250. The number of rotatable bonds is 0. The first kappa shape index (κ1) is 8.84. The topological polar surface area (TPSA) is 63.2 Å². The summed E-state index contributed by atoms with van der Waals surface area (Å²) in [6.07, 6.45) is -2.33. The van der Waals surface area contributed by atoms with Crippen molar-refractivity contribution in [3.63, 3.8) is 0 Å². The second-order valence-corrected chi connectivity index (χ2v) is 0.250. The van der Waals surface area contributed by atoms with Gasteiger partial charge in [0, 0.05) is 0 Å². The molecule has 0 aromatic heterocycles. The van der Waals surface area contributed by atoms with Crippen molar-refractivity contribution in [2.45, 2.75) is 0 Å². The van der Waals surface area contributed by atoms with Gasteiger partial charge in [0.15, 0.2) is 0 Å². The van der Waals surface area contributed by atoms with E-state index in [4.69, 9.17) is 15.0 Å². The first-order valence-corrected chi connectivity index (χ1v) is 0.612. The van der Waals surface area contributed by atoms with Crippen LogP contribution in [0.2, 0.25) is 0 Å². The molecule has 0 aliphatic carbocycles. The molecule has 0 bridgehead atoms. The monoisotopic (exact) mass is 112 g/mol. The van der Waals surface area contributed by atoms with Crippen LogP contribution in [0.1, 0.15) is 0 Å². The molecule has 0 aromatic rings. The molecular weight excluding hydrogens is 112 g/mol. The number of carbonyl (C=O) groups is 1. The molecule has 0 aliphatic heterocycles. The Balaban J connectivity index is 0. The molecule has 5 heavy (non-hydrogen) atoms. The van der Waals surface area contributed by atoms with Gasteiger partial charge in [-0.3, -0.25) is 0 Å². The standard InChI is InChI=1S/CH2O3.Cr/c2-1(3)4;/h(H2,2,3,4);/q;+2/p-2. The number of hydrogen-bond acceptors (Lipinski definition) is 3. The number of hydrogen-bond donors (Lipinski definition) is 0. The van der Waals surface area contributed by atoms with Crippen LogP contribution in [0.3, 0.4) is 0 Å². The van der Waals surface area contributed by atoms with Crippen molar-refractivity contribution in [2.24, 2.45) is 0 Å². The first-order valence-electron chi connectivity index (χ1n) is 0.612. The van der Waals surface area contributed by atoms with Gasteiger partial charge in [0.2, 0.25) is 0 Å². The predicted octanol–water partition coefficient (Wildman–Crippen LogP) is -2.45. The molecule has 0 rings (SSSR count). The summed E-state index contributed by atoms with van der Waals surface area (Å²) in [6.45, 7) is 0. The molecule has 0 saturated heterocycles. The molecule has 0 heterocycles. The summed E-state index contributed by atoms with van der Waals surface area (Å²) in [4.78, 5) is 8.33. The molecule has 0 N–H and O–H groups in total. The van der Waals surface area contributed by atoms with E-state index in [-0.39, 0.29) is 17.4 Å². The van der Waals surface area contributed by atoms with Gasteiger partial charge in [0.1, 0.15) is 0 Å². The molecule has 0 saturated carbocycles. The van der Waals surface area contributed by atoms with Gasteiger partial charge in [-0.1, -0.05) is 0 Å². The Kier molecular flexibility index (Phi) is 6.72. The van der Waals surface area contributed by atoms with Crippen molar-refractivity contribution in [1.82, 2.24) is 0 Å². The summed E-state index contributed by atoms with van der Waals surface area (Å²) >= 11 is 0. The van der Waals surface area contributed by atoms with E-state index in [0.29, 0.717) is 0 Å². The summed E-state index contributed by atoms with van der Waals surface area (Å²) in [5.74, 6) is 0. The maximum atomic E-state index is 8.33. The Morgan fingerprint density at radius 2 is 1.40 bits per heavy atom. The Morgan fingerprint density at radius 1 is 1.40 bits per heavy atom. The Morgan fingerprint density at radius 3 is 1.40 bits per heavy atom. The van der Waals surface area contributed by atoms with Crippen molar-refractivity contribution in [2.75, 3.05) is 0 Å². The first-order chi connectivity index (χ1) is 1.73. The predicted molar refractivity (Wildman–Crippen MR) is 5.40 cm³/mol. The average Bonchev–Trinajstić information content (AvgIpc) is 0.811. The molecule has 0 amide bonds. The van der Waals surface area contributed by atoms with Crippen LogP contribution < -0.4 is 10.2 Å². The summed E-state index contributed by atoms with van der Waals surface area (Å²) in [5.41, 5.74) is 0. The van der Waals surface area contributed by atoms with Gasteiger partial charge in [-0.15, -0.1) is 0 Å². The average molecular weight is 112 g/mol. The molecule has 28 valence electrons. The Hall–Kier alpha value is -0.198. The van der Waals surface area contributed by atoms with E-state index in [0.717, 1.165) is 0 Å². The summed E-state index contributed by atoms with van der Waals surface area (Å²) in [7, 11) is 0. The van der Waals surface area contributed by atoms with E-state index >= 15 is 0 Å². The molecule has 0 aliphatic rings. The zero-order chi connectivity index (χ0) is 3.58. The quantitative estimate of drug-likeness (QED) is 0.349. The molecule has 0 atom stereocenters. The van der Waals surface area contributed by atoms with Crippen molar-refractivity contribution >= 4 is 6.16 Å². The van der Waals surface area contributed by atoms with Crippen molar-refractivity contribution in [1.29, 1.82) is 0 Å².